The van der Waals surface area contributed by atoms with Crippen molar-refractivity contribution in [2.75, 3.05) is 0 Å². The summed E-state index contributed by atoms with van der Waals surface area (Å²) in [5.74, 6) is -1.31. The van der Waals surface area contributed by atoms with E-state index in [0.717, 1.165) is 11.1 Å². The zero-order chi connectivity index (χ0) is 36.7. The highest BCUT2D eigenvalue weighted by Gasteiger charge is 2.58. The molecule has 51 heavy (non-hydrogen) atoms. The third kappa shape index (κ3) is 5.71. The molecule has 0 radical (unpaired) electrons. The summed E-state index contributed by atoms with van der Waals surface area (Å²) in [7, 11) is 0. The fourth-order valence-corrected chi connectivity index (χ4v) is 7.85. The maximum Gasteiger partial charge on any atom is 0.302 e. The van der Waals surface area contributed by atoms with Gasteiger partial charge >= 0.3 is 5.97 Å². The molecule has 13 heteroatoms. The topological polar surface area (TPSA) is 189 Å². The van der Waals surface area contributed by atoms with E-state index in [9.17, 15) is 29.7 Å². The van der Waals surface area contributed by atoms with Crippen molar-refractivity contribution in [2.24, 2.45) is 30.8 Å². The maximum atomic E-state index is 14.6. The zero-order valence-electron chi connectivity index (χ0n) is 29.6. The smallest absolute Gasteiger partial charge is 0.302 e. The number of hydrogen-bond acceptors (Lipinski definition) is 13. The molecule has 0 amide bonds. The molecule has 7 aliphatic rings. The van der Waals surface area contributed by atoms with Gasteiger partial charge in [-0.3, -0.25) is 14.4 Å². The van der Waals surface area contributed by atoms with Crippen molar-refractivity contribution >= 4 is 40.4 Å². The minimum Gasteiger partial charge on any atom is -0.460 e. The van der Waals surface area contributed by atoms with Gasteiger partial charge in [-0.2, -0.15) is 0 Å². The minimum atomic E-state index is -1.44. The van der Waals surface area contributed by atoms with Gasteiger partial charge in [-0.25, -0.2) is 20.0 Å². The molecule has 0 aromatic rings. The zero-order valence-corrected chi connectivity index (χ0v) is 29.6. The van der Waals surface area contributed by atoms with E-state index < -0.39 is 65.6 Å². The van der Waals surface area contributed by atoms with E-state index in [4.69, 9.17) is 34.2 Å². The Hall–Kier alpha value is -4.27. The molecule has 0 aliphatic carbocycles. The SMILES string of the molecule is CC(=O)O[C@@H]1C[C@@H](O)[C@@H](C)O[C@H]1[C@]1(C)C(=O)C2=NC1=CC1=NC(=CC3=NC(=CC4=NC(=C2)C(C)=C4)[C@@](C)([C@@H]2O[C@H](C)[C@H](O)C[C@H]2O)C3=O)C=C1C. The molecule has 10 atom stereocenters. The first-order valence-electron chi connectivity index (χ1n) is 17.2. The van der Waals surface area contributed by atoms with Gasteiger partial charge in [0.1, 0.15) is 40.6 Å². The number of aliphatic hydroxyl groups is 3. The molecule has 2 saturated heterocycles. The predicted molar refractivity (Wildman–Crippen MR) is 187 cm³/mol. The molecule has 0 unspecified atom stereocenters. The number of rotatable bonds is 3. The molecule has 7 heterocycles. The maximum absolute atomic E-state index is 14.6. The number of Topliss-reactive ketones (excluding diaryl/α,β-unsaturated/α-hetero) is 2. The minimum absolute atomic E-state index is 0.0393. The van der Waals surface area contributed by atoms with Crippen LogP contribution in [0.5, 0.6) is 0 Å². The summed E-state index contributed by atoms with van der Waals surface area (Å²) in [6, 6.07) is 0. The molecule has 2 fully saturated rings. The molecular formula is C38H42N4O9. The summed E-state index contributed by atoms with van der Waals surface area (Å²) < 4.78 is 18.0. The lowest BCUT2D eigenvalue weighted by molar-refractivity contribution is -0.206. The van der Waals surface area contributed by atoms with Crippen LogP contribution in [0.15, 0.2) is 90.4 Å². The average molecular weight is 699 g/mol. The highest BCUT2D eigenvalue weighted by atomic mass is 16.6. The third-order valence-electron chi connectivity index (χ3n) is 11.0. The number of fused-ring (bicyclic) bond motifs is 4. The Bertz CT molecular complexity index is 1960. The Morgan fingerprint density at radius 1 is 0.725 bits per heavy atom. The van der Waals surface area contributed by atoms with E-state index in [1.54, 1.807) is 64.2 Å². The molecule has 3 N–H and O–H groups in total. The van der Waals surface area contributed by atoms with Crippen LogP contribution in [0.25, 0.3) is 0 Å². The number of aliphatic imine (C=N–C) groups is 4. The number of hydrogen-bond donors (Lipinski definition) is 3. The van der Waals surface area contributed by atoms with Gasteiger partial charge < -0.3 is 29.5 Å². The Balaban J connectivity index is 1.38. The van der Waals surface area contributed by atoms with Crippen LogP contribution in [0, 0.1) is 10.8 Å². The Morgan fingerprint density at radius 3 is 1.98 bits per heavy atom. The number of aliphatic hydroxyl groups excluding tert-OH is 3. The standard InChI is InChI=1S/C38H42N4O9/c1-16-9-22-11-31-37(6,35-29(46)14-27(44)18(3)49-35)33(47)25(41-31)10-21-8-17(2)24(39-21)13-32-38(7,34(48)26(42-32)12-23(16)40-22)36-30(51-20(5)43)15-28(45)19(4)50-36/h8-13,18-19,27-30,35-36,44-46H,14-15H2,1-7H3/t18-,19-,27-,28-,29-,30-,35-,36-,37-,38+/m1/s1. The van der Waals surface area contributed by atoms with Gasteiger partial charge in [-0.15, -0.1) is 0 Å². The van der Waals surface area contributed by atoms with Crippen molar-refractivity contribution in [1.82, 2.24) is 0 Å². The highest BCUT2D eigenvalue weighted by Crippen LogP contribution is 2.47. The van der Waals surface area contributed by atoms with E-state index in [-0.39, 0.29) is 35.8 Å². The molecule has 0 spiro atoms. The molecule has 7 rings (SSSR count). The van der Waals surface area contributed by atoms with Gasteiger partial charge in [0.05, 0.1) is 64.7 Å². The fraction of sp³-hybridized carbons (Fsp3) is 0.500. The monoisotopic (exact) mass is 698 g/mol. The summed E-state index contributed by atoms with van der Waals surface area (Å²) >= 11 is 0. The van der Waals surface area contributed by atoms with Gasteiger partial charge in [0, 0.05) is 19.8 Å². The van der Waals surface area contributed by atoms with Crippen molar-refractivity contribution in [3.05, 3.63) is 70.4 Å². The Morgan fingerprint density at radius 2 is 1.31 bits per heavy atom. The summed E-state index contributed by atoms with van der Waals surface area (Å²) in [5.41, 5.74) is 1.36. The van der Waals surface area contributed by atoms with Crippen LogP contribution >= 0.6 is 0 Å². The summed E-state index contributed by atoms with van der Waals surface area (Å²) in [6.07, 6.45) is 3.15. The second kappa shape index (κ2) is 12.4. The summed E-state index contributed by atoms with van der Waals surface area (Å²) in [5, 5.41) is 32.1. The lowest BCUT2D eigenvalue weighted by Gasteiger charge is -2.44. The largest absolute Gasteiger partial charge is 0.460 e. The Labute approximate surface area is 295 Å². The van der Waals surface area contributed by atoms with Crippen LogP contribution in [0.3, 0.4) is 0 Å². The predicted octanol–water partition coefficient (Wildman–Crippen LogP) is 2.77. The van der Waals surface area contributed by atoms with Gasteiger partial charge in [0.25, 0.3) is 0 Å². The van der Waals surface area contributed by atoms with E-state index >= 15 is 0 Å². The molecule has 7 aliphatic heterocycles. The number of ether oxygens (including phenoxy) is 3. The molecule has 8 bridgehead atoms. The number of esters is 1. The van der Waals surface area contributed by atoms with Crippen molar-refractivity contribution < 1.29 is 43.9 Å². The molecular weight excluding hydrogens is 656 g/mol. The van der Waals surface area contributed by atoms with Crippen molar-refractivity contribution in [2.45, 2.75) is 110 Å². The number of carbonyl (C=O) groups is 3. The number of carbonyl (C=O) groups excluding carboxylic acids is 3. The van der Waals surface area contributed by atoms with E-state index in [1.165, 1.54) is 6.92 Å². The van der Waals surface area contributed by atoms with Crippen molar-refractivity contribution in [3.8, 4) is 0 Å². The van der Waals surface area contributed by atoms with Crippen LogP contribution in [0.1, 0.15) is 61.3 Å². The van der Waals surface area contributed by atoms with Gasteiger partial charge in [-0.1, -0.05) is 0 Å². The van der Waals surface area contributed by atoms with Crippen LogP contribution in [0.2, 0.25) is 0 Å². The lowest BCUT2D eigenvalue weighted by Crippen LogP contribution is -2.57. The summed E-state index contributed by atoms with van der Waals surface area (Å²) in [4.78, 5) is 60.3. The van der Waals surface area contributed by atoms with Gasteiger partial charge in [-0.05, 0) is 89.1 Å². The molecule has 0 aromatic carbocycles. The Kier molecular flexibility index (Phi) is 8.58. The number of ketones is 2. The lowest BCUT2D eigenvalue weighted by atomic mass is 9.72. The number of nitrogens with zero attached hydrogens (tertiary/aromatic N) is 4. The first-order chi connectivity index (χ1) is 24.0. The molecule has 0 saturated carbocycles. The van der Waals surface area contributed by atoms with E-state index in [1.807, 2.05) is 13.8 Å². The van der Waals surface area contributed by atoms with Gasteiger partial charge in [0.2, 0.25) is 0 Å². The second-order valence-corrected chi connectivity index (χ2v) is 14.7. The van der Waals surface area contributed by atoms with Crippen LogP contribution in [0.4, 0.5) is 0 Å². The molecule has 13 nitrogen and oxygen atoms in total. The fourth-order valence-electron chi connectivity index (χ4n) is 7.85. The van der Waals surface area contributed by atoms with Crippen LogP contribution in [-0.4, -0.2) is 105 Å². The quantitative estimate of drug-likeness (QED) is 0.372. The first kappa shape index (κ1) is 35.1. The molecule has 0 aromatic heterocycles. The summed E-state index contributed by atoms with van der Waals surface area (Å²) in [6.45, 7) is 11.7. The highest BCUT2D eigenvalue weighted by molar-refractivity contribution is 6.50. The number of allylic oxidation sites excluding steroid dienone is 8. The molecule has 268 valence electrons. The van der Waals surface area contributed by atoms with Gasteiger partial charge in [0.15, 0.2) is 11.6 Å². The third-order valence-corrected chi connectivity index (χ3v) is 11.0. The van der Waals surface area contributed by atoms with Crippen molar-refractivity contribution in [3.63, 3.8) is 0 Å². The average Bonchev–Trinajstić information content (AvgIpc) is 3.72. The normalized spacial score (nSPS) is 39.2. The van der Waals surface area contributed by atoms with Crippen molar-refractivity contribution in [1.29, 1.82) is 0 Å². The van der Waals surface area contributed by atoms with Crippen LogP contribution in [-0.2, 0) is 28.6 Å². The second-order valence-electron chi connectivity index (χ2n) is 14.7. The first-order valence-corrected chi connectivity index (χ1v) is 17.2. The van der Waals surface area contributed by atoms with Crippen LogP contribution < -0.4 is 0 Å². The van der Waals surface area contributed by atoms with E-state index in [2.05, 4.69) is 0 Å². The van der Waals surface area contributed by atoms with E-state index in [0.29, 0.717) is 34.2 Å².